The van der Waals surface area contributed by atoms with Crippen LogP contribution >= 0.6 is 0 Å². The molecule has 1 N–H and O–H groups in total. The quantitative estimate of drug-likeness (QED) is 0.647. The first kappa shape index (κ1) is 13.9. The minimum absolute atomic E-state index is 0.440. The maximum Gasteiger partial charge on any atom is 0.00443 e. The predicted molar refractivity (Wildman–Crippen MR) is 64.7 cm³/mol. The molecule has 0 bridgehead atoms. The van der Waals surface area contributed by atoms with Gasteiger partial charge in [0.1, 0.15) is 0 Å². The van der Waals surface area contributed by atoms with E-state index in [0.29, 0.717) is 5.41 Å². The molecule has 0 amide bonds. The summed E-state index contributed by atoms with van der Waals surface area (Å²) in [5.41, 5.74) is 0.440. The molecule has 2 nitrogen and oxygen atoms in total. The Labute approximate surface area is 90.1 Å². The highest BCUT2D eigenvalue weighted by Crippen LogP contribution is 2.23. The molecule has 1 unspecified atom stereocenters. The predicted octanol–water partition coefficient (Wildman–Crippen LogP) is 2.35. The molecule has 0 aliphatic rings. The lowest BCUT2D eigenvalue weighted by Crippen LogP contribution is -2.40. The Morgan fingerprint density at radius 2 is 1.86 bits per heavy atom. The summed E-state index contributed by atoms with van der Waals surface area (Å²) >= 11 is 0. The number of hydrogen-bond acceptors (Lipinski definition) is 2. The van der Waals surface area contributed by atoms with Crippen LogP contribution in [0, 0.1) is 5.41 Å². The van der Waals surface area contributed by atoms with Crippen molar-refractivity contribution >= 4 is 0 Å². The van der Waals surface area contributed by atoms with E-state index in [2.05, 4.69) is 45.0 Å². The summed E-state index contributed by atoms with van der Waals surface area (Å²) in [7, 11) is 2.21. The molecule has 0 saturated carbocycles. The normalized spacial score (nSPS) is 15.9. The van der Waals surface area contributed by atoms with Gasteiger partial charge in [-0.3, -0.25) is 0 Å². The van der Waals surface area contributed by atoms with Crippen molar-refractivity contribution in [3.63, 3.8) is 0 Å². The summed E-state index contributed by atoms with van der Waals surface area (Å²) in [5.74, 6) is 0. The van der Waals surface area contributed by atoms with Crippen molar-refractivity contribution in [2.75, 3.05) is 33.2 Å². The van der Waals surface area contributed by atoms with Gasteiger partial charge in [0.25, 0.3) is 0 Å². The number of nitrogens with zero attached hydrogens (tertiary/aromatic N) is 1. The van der Waals surface area contributed by atoms with Crippen LogP contribution < -0.4 is 5.32 Å². The second-order valence-electron chi connectivity index (χ2n) is 4.67. The van der Waals surface area contributed by atoms with Crippen molar-refractivity contribution in [1.82, 2.24) is 10.2 Å². The highest BCUT2D eigenvalue weighted by Gasteiger charge is 2.23. The van der Waals surface area contributed by atoms with Gasteiger partial charge in [-0.05, 0) is 32.0 Å². The first-order valence-corrected chi connectivity index (χ1v) is 5.97. The summed E-state index contributed by atoms with van der Waals surface area (Å²) in [6.45, 7) is 13.6. The van der Waals surface area contributed by atoms with Gasteiger partial charge in [0, 0.05) is 13.1 Å². The molecule has 2 heteroatoms. The molecule has 0 radical (unpaired) electrons. The van der Waals surface area contributed by atoms with E-state index >= 15 is 0 Å². The van der Waals surface area contributed by atoms with Gasteiger partial charge in [0.05, 0.1) is 0 Å². The highest BCUT2D eigenvalue weighted by atomic mass is 15.1. The standard InChI is InChI=1S/C12H28N2/c1-6-9-12(4,10-13-7-2)11-14(5)8-3/h13H,6-11H2,1-5H3. The first-order valence-electron chi connectivity index (χ1n) is 5.97. The zero-order valence-electron chi connectivity index (χ0n) is 10.7. The van der Waals surface area contributed by atoms with Gasteiger partial charge in [-0.15, -0.1) is 0 Å². The van der Waals surface area contributed by atoms with Crippen molar-refractivity contribution < 1.29 is 0 Å². The largest absolute Gasteiger partial charge is 0.316 e. The summed E-state index contributed by atoms with van der Waals surface area (Å²) in [5, 5.41) is 3.48. The van der Waals surface area contributed by atoms with Gasteiger partial charge in [-0.2, -0.15) is 0 Å². The third-order valence-electron chi connectivity index (χ3n) is 2.85. The molecule has 0 aromatic carbocycles. The van der Waals surface area contributed by atoms with E-state index in [1.165, 1.54) is 19.4 Å². The van der Waals surface area contributed by atoms with E-state index in [9.17, 15) is 0 Å². The third-order valence-corrected chi connectivity index (χ3v) is 2.85. The van der Waals surface area contributed by atoms with Crippen LogP contribution in [0.3, 0.4) is 0 Å². The van der Waals surface area contributed by atoms with Gasteiger partial charge >= 0.3 is 0 Å². The lowest BCUT2D eigenvalue weighted by atomic mass is 9.85. The molecular formula is C12H28N2. The molecule has 1 atom stereocenters. The average Bonchev–Trinajstić information content (AvgIpc) is 2.15. The maximum absolute atomic E-state index is 3.48. The van der Waals surface area contributed by atoms with Crippen LogP contribution in [0.2, 0.25) is 0 Å². The topological polar surface area (TPSA) is 15.3 Å². The Bertz CT molecular complexity index is 136. The highest BCUT2D eigenvalue weighted by molar-refractivity contribution is 4.79. The van der Waals surface area contributed by atoms with Gasteiger partial charge < -0.3 is 10.2 Å². The van der Waals surface area contributed by atoms with Gasteiger partial charge in [-0.25, -0.2) is 0 Å². The van der Waals surface area contributed by atoms with Crippen molar-refractivity contribution in [2.45, 2.75) is 40.5 Å². The minimum atomic E-state index is 0.440. The molecule has 0 aliphatic carbocycles. The molecule has 14 heavy (non-hydrogen) atoms. The van der Waals surface area contributed by atoms with Crippen molar-refractivity contribution in [2.24, 2.45) is 5.41 Å². The Morgan fingerprint density at radius 1 is 1.21 bits per heavy atom. The third kappa shape index (κ3) is 5.61. The Hall–Kier alpha value is -0.0800. The second kappa shape index (κ2) is 7.24. The van der Waals surface area contributed by atoms with Crippen LogP contribution in [-0.4, -0.2) is 38.1 Å². The van der Waals surface area contributed by atoms with Crippen LogP contribution in [0.15, 0.2) is 0 Å². The maximum atomic E-state index is 3.48. The first-order chi connectivity index (χ1) is 6.58. The molecule has 86 valence electrons. The second-order valence-corrected chi connectivity index (χ2v) is 4.67. The molecule has 0 aliphatic heterocycles. The van der Waals surface area contributed by atoms with Crippen LogP contribution in [0.25, 0.3) is 0 Å². The van der Waals surface area contributed by atoms with Gasteiger partial charge in [0.2, 0.25) is 0 Å². The summed E-state index contributed by atoms with van der Waals surface area (Å²) in [6, 6.07) is 0. The van der Waals surface area contributed by atoms with Gasteiger partial charge in [-0.1, -0.05) is 34.1 Å². The van der Waals surface area contributed by atoms with Crippen LogP contribution in [0.4, 0.5) is 0 Å². The minimum Gasteiger partial charge on any atom is -0.316 e. The van der Waals surface area contributed by atoms with E-state index in [-0.39, 0.29) is 0 Å². The fourth-order valence-corrected chi connectivity index (χ4v) is 2.02. The lowest BCUT2D eigenvalue weighted by Gasteiger charge is -2.33. The Kier molecular flexibility index (Phi) is 7.20. The Balaban J connectivity index is 4.07. The number of hydrogen-bond donors (Lipinski definition) is 1. The molecule has 0 heterocycles. The summed E-state index contributed by atoms with van der Waals surface area (Å²) < 4.78 is 0. The van der Waals surface area contributed by atoms with Crippen LogP contribution in [0.1, 0.15) is 40.5 Å². The number of nitrogens with one attached hydrogen (secondary N) is 1. The zero-order chi connectivity index (χ0) is 11.0. The fraction of sp³-hybridized carbons (Fsp3) is 1.00. The Morgan fingerprint density at radius 3 is 2.29 bits per heavy atom. The van der Waals surface area contributed by atoms with Crippen LogP contribution in [-0.2, 0) is 0 Å². The molecule has 0 fully saturated rings. The molecule has 0 rings (SSSR count). The van der Waals surface area contributed by atoms with E-state index in [1.54, 1.807) is 0 Å². The van der Waals surface area contributed by atoms with E-state index < -0.39 is 0 Å². The zero-order valence-corrected chi connectivity index (χ0v) is 10.7. The summed E-state index contributed by atoms with van der Waals surface area (Å²) in [6.07, 6.45) is 2.59. The molecular weight excluding hydrogens is 172 g/mol. The monoisotopic (exact) mass is 200 g/mol. The van der Waals surface area contributed by atoms with E-state index in [4.69, 9.17) is 0 Å². The van der Waals surface area contributed by atoms with Gasteiger partial charge in [0.15, 0.2) is 0 Å². The van der Waals surface area contributed by atoms with Crippen molar-refractivity contribution in [3.05, 3.63) is 0 Å². The van der Waals surface area contributed by atoms with Crippen molar-refractivity contribution in [1.29, 1.82) is 0 Å². The molecule has 0 aromatic heterocycles. The van der Waals surface area contributed by atoms with Crippen LogP contribution in [0.5, 0.6) is 0 Å². The molecule has 0 aromatic rings. The lowest BCUT2D eigenvalue weighted by molar-refractivity contribution is 0.179. The summed E-state index contributed by atoms with van der Waals surface area (Å²) in [4.78, 5) is 2.41. The smallest absolute Gasteiger partial charge is 0.00443 e. The van der Waals surface area contributed by atoms with Crippen molar-refractivity contribution in [3.8, 4) is 0 Å². The fourth-order valence-electron chi connectivity index (χ4n) is 2.02. The molecule has 0 saturated heterocycles. The SMILES string of the molecule is CCCC(C)(CNCC)CN(C)CC. The van der Waals surface area contributed by atoms with E-state index in [1.807, 2.05) is 0 Å². The molecule has 0 spiro atoms. The van der Waals surface area contributed by atoms with E-state index in [0.717, 1.165) is 19.6 Å². The number of rotatable bonds is 8. The average molecular weight is 200 g/mol.